The van der Waals surface area contributed by atoms with Crippen molar-refractivity contribution in [2.75, 3.05) is 0 Å². The van der Waals surface area contributed by atoms with Gasteiger partial charge in [-0.3, -0.25) is 9.63 Å². The van der Waals surface area contributed by atoms with E-state index in [9.17, 15) is 4.79 Å². The molecule has 14 heavy (non-hydrogen) atoms. The van der Waals surface area contributed by atoms with Crippen molar-refractivity contribution in [3.8, 4) is 0 Å². The van der Waals surface area contributed by atoms with Crippen LogP contribution < -0.4 is 5.90 Å². The Morgan fingerprint density at radius 3 is 2.07 bits per heavy atom. The molecule has 0 bridgehead atoms. The molecular formula is C11H23NO2. The zero-order valence-electron chi connectivity index (χ0n) is 10.0. The lowest BCUT2D eigenvalue weighted by Gasteiger charge is -2.42. The minimum absolute atomic E-state index is 0.147. The van der Waals surface area contributed by atoms with Crippen LogP contribution in [0.15, 0.2) is 0 Å². The lowest BCUT2D eigenvalue weighted by molar-refractivity contribution is -0.157. The first-order chi connectivity index (χ1) is 6.38. The highest BCUT2D eigenvalue weighted by atomic mass is 16.6. The highest BCUT2D eigenvalue weighted by Crippen LogP contribution is 2.40. The summed E-state index contributed by atoms with van der Waals surface area (Å²) in [5.41, 5.74) is -1.04. The third kappa shape index (κ3) is 2.15. The van der Waals surface area contributed by atoms with E-state index in [1.54, 1.807) is 6.92 Å². The topological polar surface area (TPSA) is 52.3 Å². The van der Waals surface area contributed by atoms with Crippen molar-refractivity contribution in [1.82, 2.24) is 0 Å². The molecule has 2 unspecified atom stereocenters. The second kappa shape index (κ2) is 4.89. The summed E-state index contributed by atoms with van der Waals surface area (Å²) >= 11 is 0. The van der Waals surface area contributed by atoms with E-state index in [-0.39, 0.29) is 5.78 Å². The summed E-state index contributed by atoms with van der Waals surface area (Å²) in [4.78, 5) is 16.7. The Morgan fingerprint density at radius 2 is 1.86 bits per heavy atom. The van der Waals surface area contributed by atoms with Gasteiger partial charge in [0.1, 0.15) is 5.78 Å². The second-order valence-electron chi connectivity index (χ2n) is 4.34. The second-order valence-corrected chi connectivity index (χ2v) is 4.34. The third-order valence-electron chi connectivity index (χ3n) is 3.63. The molecule has 0 saturated carbocycles. The first-order valence-corrected chi connectivity index (χ1v) is 5.27. The van der Waals surface area contributed by atoms with Gasteiger partial charge in [0.05, 0.1) is 11.0 Å². The lowest BCUT2D eigenvalue weighted by atomic mass is 9.67. The van der Waals surface area contributed by atoms with Gasteiger partial charge < -0.3 is 0 Å². The van der Waals surface area contributed by atoms with E-state index in [0.29, 0.717) is 0 Å². The van der Waals surface area contributed by atoms with Crippen LogP contribution in [-0.4, -0.2) is 11.4 Å². The highest BCUT2D eigenvalue weighted by molar-refractivity contribution is 5.83. The van der Waals surface area contributed by atoms with Gasteiger partial charge in [0.25, 0.3) is 0 Å². The molecule has 0 aliphatic carbocycles. The lowest BCUT2D eigenvalue weighted by Crippen LogP contribution is -2.51. The number of hydrogen-bond acceptors (Lipinski definition) is 3. The van der Waals surface area contributed by atoms with Crippen molar-refractivity contribution in [1.29, 1.82) is 0 Å². The maximum atomic E-state index is 11.7. The standard InChI is InChI=1S/C11H23NO2/c1-6-8-10(4,9(3)13)11(5,7-2)14-12/h6-8,12H2,1-5H3. The van der Waals surface area contributed by atoms with Crippen LogP contribution in [0.2, 0.25) is 0 Å². The van der Waals surface area contributed by atoms with Crippen molar-refractivity contribution in [2.24, 2.45) is 11.3 Å². The van der Waals surface area contributed by atoms with E-state index in [0.717, 1.165) is 19.3 Å². The minimum atomic E-state index is -0.561. The molecule has 84 valence electrons. The van der Waals surface area contributed by atoms with Crippen LogP contribution in [0.25, 0.3) is 0 Å². The van der Waals surface area contributed by atoms with Gasteiger partial charge in [-0.25, -0.2) is 5.90 Å². The van der Waals surface area contributed by atoms with E-state index >= 15 is 0 Å². The van der Waals surface area contributed by atoms with Crippen LogP contribution in [0.1, 0.15) is 53.9 Å². The SMILES string of the molecule is CCCC(C)(C(C)=O)C(C)(CC)ON. The first-order valence-electron chi connectivity index (χ1n) is 5.27. The van der Waals surface area contributed by atoms with Crippen LogP contribution in [0.5, 0.6) is 0 Å². The number of carbonyl (C=O) groups excluding carboxylic acids is 1. The monoisotopic (exact) mass is 201 g/mol. The van der Waals surface area contributed by atoms with Crippen LogP contribution >= 0.6 is 0 Å². The molecule has 0 fully saturated rings. The first kappa shape index (κ1) is 13.6. The van der Waals surface area contributed by atoms with Gasteiger partial charge in [-0.15, -0.1) is 0 Å². The smallest absolute Gasteiger partial charge is 0.138 e. The molecule has 0 aromatic carbocycles. The fraction of sp³-hybridized carbons (Fsp3) is 0.909. The molecule has 2 N–H and O–H groups in total. The fourth-order valence-corrected chi connectivity index (χ4v) is 1.92. The molecule has 0 radical (unpaired) electrons. The summed E-state index contributed by atoms with van der Waals surface area (Å²) in [7, 11) is 0. The zero-order valence-corrected chi connectivity index (χ0v) is 10.0. The number of carbonyl (C=O) groups is 1. The Balaban J connectivity index is 5.06. The summed E-state index contributed by atoms with van der Waals surface area (Å²) in [5.74, 6) is 5.47. The molecule has 0 aromatic heterocycles. The molecule has 0 spiro atoms. The largest absolute Gasteiger partial charge is 0.299 e. The molecule has 0 amide bonds. The predicted octanol–water partition coefficient (Wildman–Crippen LogP) is 2.44. The van der Waals surface area contributed by atoms with Crippen molar-refractivity contribution in [3.05, 3.63) is 0 Å². The number of ketones is 1. The predicted molar refractivity (Wildman–Crippen MR) is 57.7 cm³/mol. The van der Waals surface area contributed by atoms with E-state index in [2.05, 4.69) is 6.92 Å². The third-order valence-corrected chi connectivity index (χ3v) is 3.63. The molecule has 2 atom stereocenters. The van der Waals surface area contributed by atoms with Crippen molar-refractivity contribution < 1.29 is 9.63 Å². The normalized spacial score (nSPS) is 19.9. The Hall–Kier alpha value is -0.410. The average Bonchev–Trinajstić information content (AvgIpc) is 2.16. The molecule has 0 aromatic rings. The van der Waals surface area contributed by atoms with Gasteiger partial charge >= 0.3 is 0 Å². The molecule has 0 heterocycles. The van der Waals surface area contributed by atoms with Crippen LogP contribution in [0.4, 0.5) is 0 Å². The summed E-state index contributed by atoms with van der Waals surface area (Å²) in [6.07, 6.45) is 2.50. The molecule has 3 heteroatoms. The average molecular weight is 201 g/mol. The number of Topliss-reactive ketones (excluding diaryl/α,β-unsaturated/α-hetero) is 1. The van der Waals surface area contributed by atoms with E-state index in [4.69, 9.17) is 10.7 Å². The Kier molecular flexibility index (Phi) is 4.75. The molecular weight excluding hydrogens is 178 g/mol. The van der Waals surface area contributed by atoms with E-state index in [1.165, 1.54) is 0 Å². The summed E-state index contributed by atoms with van der Waals surface area (Å²) in [6.45, 7) is 9.51. The highest BCUT2D eigenvalue weighted by Gasteiger charge is 2.47. The van der Waals surface area contributed by atoms with Crippen LogP contribution in [0, 0.1) is 5.41 Å². The van der Waals surface area contributed by atoms with Gasteiger partial charge in [0.15, 0.2) is 0 Å². The Bertz CT molecular complexity index is 199. The molecule has 0 rings (SSSR count). The molecule has 0 saturated heterocycles. The van der Waals surface area contributed by atoms with E-state index in [1.807, 2.05) is 20.8 Å². The number of hydrogen-bond donors (Lipinski definition) is 1. The molecule has 3 nitrogen and oxygen atoms in total. The van der Waals surface area contributed by atoms with Crippen LogP contribution in [0.3, 0.4) is 0 Å². The van der Waals surface area contributed by atoms with E-state index < -0.39 is 11.0 Å². The maximum absolute atomic E-state index is 11.7. The molecule has 0 aliphatic heterocycles. The van der Waals surface area contributed by atoms with Gasteiger partial charge in [-0.1, -0.05) is 20.3 Å². The van der Waals surface area contributed by atoms with Crippen molar-refractivity contribution >= 4 is 5.78 Å². The Morgan fingerprint density at radius 1 is 1.36 bits per heavy atom. The number of nitrogens with two attached hydrogens (primary N) is 1. The summed E-state index contributed by atoms with van der Waals surface area (Å²) in [6, 6.07) is 0. The zero-order chi connectivity index (χ0) is 11.4. The minimum Gasteiger partial charge on any atom is -0.299 e. The summed E-state index contributed by atoms with van der Waals surface area (Å²) in [5, 5.41) is 0. The van der Waals surface area contributed by atoms with Gasteiger partial charge in [-0.05, 0) is 33.6 Å². The fourth-order valence-electron chi connectivity index (χ4n) is 1.92. The Labute approximate surface area is 87.0 Å². The maximum Gasteiger partial charge on any atom is 0.138 e. The number of rotatable bonds is 6. The molecule has 0 aliphatic rings. The quantitative estimate of drug-likeness (QED) is 0.671. The van der Waals surface area contributed by atoms with Gasteiger partial charge in [-0.2, -0.15) is 0 Å². The van der Waals surface area contributed by atoms with Gasteiger partial charge in [0.2, 0.25) is 0 Å². The van der Waals surface area contributed by atoms with Gasteiger partial charge in [0, 0.05) is 0 Å². The van der Waals surface area contributed by atoms with Crippen molar-refractivity contribution in [2.45, 2.75) is 59.5 Å². The summed E-state index contributed by atoms with van der Waals surface area (Å²) < 4.78 is 0. The van der Waals surface area contributed by atoms with Crippen molar-refractivity contribution in [3.63, 3.8) is 0 Å². The van der Waals surface area contributed by atoms with Crippen LogP contribution in [-0.2, 0) is 9.63 Å².